The molecule has 1 unspecified atom stereocenters. The number of nitrogens with zero attached hydrogens (tertiary/aromatic N) is 4. The molecule has 3 aromatic rings. The van der Waals surface area contributed by atoms with Gasteiger partial charge >= 0.3 is 0 Å². The average Bonchev–Trinajstić information content (AvgIpc) is 3.16. The lowest BCUT2D eigenvalue weighted by Crippen LogP contribution is -2.52. The Bertz CT molecular complexity index is 1210. The Hall–Kier alpha value is -2.36. The van der Waals surface area contributed by atoms with Crippen molar-refractivity contribution in [2.75, 3.05) is 17.7 Å². The number of fused-ring (bicyclic) bond motifs is 1. The molecular weight excluding hydrogens is 432 g/mol. The highest BCUT2D eigenvalue weighted by Gasteiger charge is 2.38. The summed E-state index contributed by atoms with van der Waals surface area (Å²) in [5.41, 5.74) is 3.94. The van der Waals surface area contributed by atoms with Gasteiger partial charge in [-0.3, -0.25) is 14.7 Å². The second kappa shape index (κ2) is 8.64. The van der Waals surface area contributed by atoms with Crippen molar-refractivity contribution in [3.63, 3.8) is 0 Å². The van der Waals surface area contributed by atoms with Gasteiger partial charge in [0.2, 0.25) is 15.9 Å². The lowest BCUT2D eigenvalue weighted by molar-refractivity contribution is -0.123. The first kappa shape index (κ1) is 21.9. The third-order valence-electron chi connectivity index (χ3n) is 5.53. The van der Waals surface area contributed by atoms with Gasteiger partial charge in [-0.1, -0.05) is 29.9 Å². The average molecular weight is 459 g/mol. The third-order valence-corrected chi connectivity index (χ3v) is 8.05. The number of amides is 1. The molecule has 0 radical (unpaired) electrons. The fourth-order valence-electron chi connectivity index (χ4n) is 4.12. The van der Waals surface area contributed by atoms with Crippen molar-refractivity contribution in [2.45, 2.75) is 45.7 Å². The third kappa shape index (κ3) is 4.63. The van der Waals surface area contributed by atoms with Crippen LogP contribution in [-0.2, 0) is 21.4 Å². The van der Waals surface area contributed by atoms with Crippen LogP contribution in [0.1, 0.15) is 36.0 Å². The lowest BCUT2D eigenvalue weighted by atomic mass is 10.0. The summed E-state index contributed by atoms with van der Waals surface area (Å²) >= 11 is 1.47. The van der Waals surface area contributed by atoms with Gasteiger partial charge in [0.05, 0.1) is 23.0 Å². The summed E-state index contributed by atoms with van der Waals surface area (Å²) in [6, 6.07) is 7.14. The fourth-order valence-corrected chi connectivity index (χ4v) is 6.26. The van der Waals surface area contributed by atoms with Gasteiger partial charge in [-0.05, 0) is 55.5 Å². The second-order valence-electron chi connectivity index (χ2n) is 8.10. The molecule has 1 saturated heterocycles. The van der Waals surface area contributed by atoms with E-state index in [1.165, 1.54) is 21.9 Å². The molecular formula is C22H26N4O3S2. The van der Waals surface area contributed by atoms with E-state index in [4.69, 9.17) is 4.98 Å². The van der Waals surface area contributed by atoms with Crippen LogP contribution < -0.4 is 4.90 Å². The summed E-state index contributed by atoms with van der Waals surface area (Å²) in [7, 11) is -3.49. The van der Waals surface area contributed by atoms with E-state index in [9.17, 15) is 13.2 Å². The Labute approximate surface area is 186 Å². The summed E-state index contributed by atoms with van der Waals surface area (Å²) in [5, 5.41) is 0.580. The zero-order chi connectivity index (χ0) is 22.2. The highest BCUT2D eigenvalue weighted by atomic mass is 32.2. The molecule has 1 aliphatic heterocycles. The van der Waals surface area contributed by atoms with Crippen LogP contribution >= 0.6 is 11.3 Å². The number of sulfonamides is 1. The van der Waals surface area contributed by atoms with E-state index in [1.807, 2.05) is 32.0 Å². The summed E-state index contributed by atoms with van der Waals surface area (Å²) < 4.78 is 27.1. The number of anilines is 1. The summed E-state index contributed by atoms with van der Waals surface area (Å²) in [5.74, 6) is -0.234. The first-order valence-corrected chi connectivity index (χ1v) is 13.0. The summed E-state index contributed by atoms with van der Waals surface area (Å²) in [6.45, 7) is 4.72. The smallest absolute Gasteiger partial charge is 0.247 e. The van der Waals surface area contributed by atoms with Crippen molar-refractivity contribution in [3.8, 4) is 0 Å². The largest absolute Gasteiger partial charge is 0.282 e. The number of benzene rings is 1. The Kier molecular flexibility index (Phi) is 6.09. The van der Waals surface area contributed by atoms with Gasteiger partial charge in [-0.2, -0.15) is 4.31 Å². The molecule has 9 heteroatoms. The van der Waals surface area contributed by atoms with Crippen LogP contribution in [-0.4, -0.2) is 47.4 Å². The van der Waals surface area contributed by atoms with Crippen molar-refractivity contribution in [1.29, 1.82) is 0 Å². The molecule has 31 heavy (non-hydrogen) atoms. The Morgan fingerprint density at radius 1 is 1.29 bits per heavy atom. The molecule has 0 spiro atoms. The molecule has 1 aromatic carbocycles. The molecule has 0 N–H and O–H groups in total. The number of carbonyl (C=O) groups is 1. The fraction of sp³-hybridized carbons (Fsp3) is 0.409. The number of pyridine rings is 1. The van der Waals surface area contributed by atoms with E-state index < -0.39 is 16.1 Å². The predicted molar refractivity (Wildman–Crippen MR) is 124 cm³/mol. The normalized spacial score (nSPS) is 17.7. The van der Waals surface area contributed by atoms with Crippen LogP contribution in [0.15, 0.2) is 36.7 Å². The van der Waals surface area contributed by atoms with E-state index >= 15 is 0 Å². The van der Waals surface area contributed by atoms with E-state index in [-0.39, 0.29) is 5.91 Å². The van der Waals surface area contributed by atoms with E-state index in [1.54, 1.807) is 17.3 Å². The van der Waals surface area contributed by atoms with Gasteiger partial charge in [-0.15, -0.1) is 0 Å². The molecule has 1 amide bonds. The number of hydrogen-bond donors (Lipinski definition) is 0. The maximum absolute atomic E-state index is 13.8. The lowest BCUT2D eigenvalue weighted by Gasteiger charge is -2.35. The van der Waals surface area contributed by atoms with Crippen LogP contribution in [0.4, 0.5) is 5.13 Å². The van der Waals surface area contributed by atoms with Gasteiger partial charge in [-0.25, -0.2) is 13.4 Å². The molecule has 7 nitrogen and oxygen atoms in total. The molecule has 1 fully saturated rings. The number of piperidine rings is 1. The number of thiazole rings is 1. The highest BCUT2D eigenvalue weighted by molar-refractivity contribution is 7.88. The minimum atomic E-state index is -3.49. The zero-order valence-corrected chi connectivity index (χ0v) is 19.5. The molecule has 0 saturated carbocycles. The number of hydrogen-bond acceptors (Lipinski definition) is 6. The minimum absolute atomic E-state index is 0.234. The maximum Gasteiger partial charge on any atom is 0.247 e. The van der Waals surface area contributed by atoms with E-state index in [2.05, 4.69) is 11.1 Å². The molecule has 3 heterocycles. The van der Waals surface area contributed by atoms with Crippen LogP contribution in [0.25, 0.3) is 10.2 Å². The monoisotopic (exact) mass is 458 g/mol. The Balaban J connectivity index is 1.77. The van der Waals surface area contributed by atoms with Crippen molar-refractivity contribution in [3.05, 3.63) is 53.3 Å². The van der Waals surface area contributed by atoms with Gasteiger partial charge in [0.15, 0.2) is 5.13 Å². The standard InChI is InChI=1S/C22H26N4O3S2/c1-15-11-16(2)20-18(12-15)24-22(30-20)25(14-17-7-6-9-23-13-17)21(27)19-8-4-5-10-26(19)31(3,28)29/h6-7,9,11-13,19H,4-5,8,10,14H2,1-3H3. The highest BCUT2D eigenvalue weighted by Crippen LogP contribution is 2.34. The van der Waals surface area contributed by atoms with Gasteiger partial charge < -0.3 is 0 Å². The van der Waals surface area contributed by atoms with Gasteiger partial charge in [0.25, 0.3) is 0 Å². The predicted octanol–water partition coefficient (Wildman–Crippen LogP) is 3.66. The number of aromatic nitrogens is 2. The van der Waals surface area contributed by atoms with Crippen LogP contribution in [0.2, 0.25) is 0 Å². The Morgan fingerprint density at radius 3 is 2.81 bits per heavy atom. The molecule has 0 bridgehead atoms. The molecule has 4 rings (SSSR count). The summed E-state index contributed by atoms with van der Waals surface area (Å²) in [6.07, 6.45) is 6.68. The zero-order valence-electron chi connectivity index (χ0n) is 17.9. The van der Waals surface area contributed by atoms with E-state index in [0.29, 0.717) is 24.6 Å². The minimum Gasteiger partial charge on any atom is -0.282 e. The van der Waals surface area contributed by atoms with Crippen molar-refractivity contribution in [2.24, 2.45) is 0 Å². The van der Waals surface area contributed by atoms with Crippen molar-refractivity contribution in [1.82, 2.24) is 14.3 Å². The van der Waals surface area contributed by atoms with Crippen LogP contribution in [0, 0.1) is 13.8 Å². The molecule has 1 atom stereocenters. The van der Waals surface area contributed by atoms with Crippen molar-refractivity contribution < 1.29 is 13.2 Å². The first-order chi connectivity index (χ1) is 14.7. The second-order valence-corrected chi connectivity index (χ2v) is 11.0. The molecule has 164 valence electrons. The molecule has 1 aliphatic rings. The van der Waals surface area contributed by atoms with Gasteiger partial charge in [0, 0.05) is 18.9 Å². The SMILES string of the molecule is Cc1cc(C)c2sc(N(Cc3cccnc3)C(=O)C3CCCCN3S(C)(=O)=O)nc2c1. The van der Waals surface area contributed by atoms with Crippen molar-refractivity contribution >= 4 is 42.6 Å². The van der Waals surface area contributed by atoms with E-state index in [0.717, 1.165) is 39.7 Å². The van der Waals surface area contributed by atoms with Gasteiger partial charge in [0.1, 0.15) is 6.04 Å². The first-order valence-electron chi connectivity index (χ1n) is 10.3. The van der Waals surface area contributed by atoms with Crippen LogP contribution in [0.3, 0.4) is 0 Å². The topological polar surface area (TPSA) is 83.5 Å². The molecule has 2 aromatic heterocycles. The quantitative estimate of drug-likeness (QED) is 0.583. The molecule has 0 aliphatic carbocycles. The number of carbonyl (C=O) groups excluding carboxylic acids is 1. The number of rotatable bonds is 5. The Morgan fingerprint density at radius 2 is 2.10 bits per heavy atom. The van der Waals surface area contributed by atoms with Crippen LogP contribution in [0.5, 0.6) is 0 Å². The summed E-state index contributed by atoms with van der Waals surface area (Å²) in [4.78, 5) is 24.3. The number of aryl methyl sites for hydroxylation is 2. The maximum atomic E-state index is 13.8.